The number of nitrogens with one attached hydrogen (secondary N) is 1. The molecule has 0 saturated carbocycles. The molecule has 0 unspecified atom stereocenters. The van der Waals surface area contributed by atoms with Gasteiger partial charge in [-0.1, -0.05) is 44.4 Å². The van der Waals surface area contributed by atoms with Crippen LogP contribution in [0, 0.1) is 6.92 Å². The van der Waals surface area contributed by atoms with Gasteiger partial charge in [0.1, 0.15) is 0 Å². The highest BCUT2D eigenvalue weighted by Gasteiger charge is 2.17. The Balaban J connectivity index is 2.06. The maximum atomic E-state index is 12.1. The van der Waals surface area contributed by atoms with E-state index in [2.05, 4.69) is 18.0 Å². The molecule has 1 heterocycles. The number of nitrogens with two attached hydrogens (primary N) is 1. The number of sulfonamides is 1. The van der Waals surface area contributed by atoms with Crippen LogP contribution in [0.15, 0.2) is 47.4 Å². The fraction of sp³-hybridized carbons (Fsp3) is 0.333. The van der Waals surface area contributed by atoms with E-state index < -0.39 is 10.0 Å². The Bertz CT molecular complexity index is 987. The van der Waals surface area contributed by atoms with Crippen molar-refractivity contribution >= 4 is 20.9 Å². The molecule has 26 heavy (non-hydrogen) atoms. The Kier molecular flexibility index (Phi) is 5.49. The second kappa shape index (κ2) is 7.64. The molecule has 4 nitrogen and oxygen atoms in total. The van der Waals surface area contributed by atoms with Crippen LogP contribution in [-0.4, -0.2) is 13.4 Å². The van der Waals surface area contributed by atoms with Gasteiger partial charge in [-0.05, 0) is 60.7 Å². The molecule has 3 aromatic rings. The molecule has 0 fully saturated rings. The Labute approximate surface area is 155 Å². The summed E-state index contributed by atoms with van der Waals surface area (Å²) in [6.45, 7) is 4.03. The third-order valence-electron chi connectivity index (χ3n) is 4.91. The van der Waals surface area contributed by atoms with Gasteiger partial charge in [0, 0.05) is 16.6 Å². The molecule has 0 radical (unpaired) electrons. The minimum atomic E-state index is -3.77. The first-order chi connectivity index (χ1) is 12.4. The zero-order valence-electron chi connectivity index (χ0n) is 15.4. The van der Waals surface area contributed by atoms with Crippen LogP contribution in [0.25, 0.3) is 22.2 Å². The maximum absolute atomic E-state index is 12.1. The van der Waals surface area contributed by atoms with Gasteiger partial charge >= 0.3 is 0 Å². The number of hydrogen-bond acceptors (Lipinski definition) is 2. The summed E-state index contributed by atoms with van der Waals surface area (Å²) in [7, 11) is -3.77. The van der Waals surface area contributed by atoms with Crippen LogP contribution in [0.3, 0.4) is 0 Å². The molecule has 2 aromatic carbocycles. The van der Waals surface area contributed by atoms with Crippen molar-refractivity contribution in [3.8, 4) is 11.3 Å². The lowest BCUT2D eigenvalue weighted by molar-refractivity contribution is 0.596. The quantitative estimate of drug-likeness (QED) is 0.580. The zero-order chi connectivity index (χ0) is 18.7. The molecule has 0 aliphatic heterocycles. The largest absolute Gasteiger partial charge is 0.355 e. The third kappa shape index (κ3) is 4.00. The molecule has 138 valence electrons. The maximum Gasteiger partial charge on any atom is 0.238 e. The third-order valence-corrected chi connectivity index (χ3v) is 5.95. The first kappa shape index (κ1) is 18.7. The number of aromatic amines is 1. The Morgan fingerprint density at radius 3 is 2.50 bits per heavy atom. The van der Waals surface area contributed by atoms with E-state index in [1.807, 2.05) is 37.3 Å². The lowest BCUT2D eigenvalue weighted by atomic mass is 9.98. The minimum absolute atomic E-state index is 0.221. The molecule has 0 spiro atoms. The number of primary sulfonamides is 1. The van der Waals surface area contributed by atoms with Crippen LogP contribution in [0.4, 0.5) is 0 Å². The number of para-hydroxylation sites is 1. The van der Waals surface area contributed by atoms with Crippen molar-refractivity contribution in [1.29, 1.82) is 0 Å². The Hall–Kier alpha value is -2.11. The number of hydrogen-bond donors (Lipinski definition) is 2. The molecule has 3 rings (SSSR count). The molecule has 0 aliphatic carbocycles. The number of fused-ring (bicyclic) bond motifs is 1. The van der Waals surface area contributed by atoms with Crippen molar-refractivity contribution in [2.75, 3.05) is 0 Å². The molecule has 0 aliphatic rings. The molecule has 0 bridgehead atoms. The number of H-pyrrole nitrogens is 1. The summed E-state index contributed by atoms with van der Waals surface area (Å²) in [6, 6.07) is 13.9. The van der Waals surface area contributed by atoms with Crippen molar-refractivity contribution in [2.45, 2.75) is 50.8 Å². The monoisotopic (exact) mass is 370 g/mol. The van der Waals surface area contributed by atoms with Gasteiger partial charge in [-0.25, -0.2) is 13.6 Å². The van der Waals surface area contributed by atoms with Crippen molar-refractivity contribution in [3.05, 3.63) is 53.6 Å². The average Bonchev–Trinajstić information content (AvgIpc) is 3.03. The normalized spacial score (nSPS) is 12.0. The molecular weight excluding hydrogens is 344 g/mol. The molecule has 0 saturated heterocycles. The summed E-state index contributed by atoms with van der Waals surface area (Å²) < 4.78 is 24.2. The van der Waals surface area contributed by atoms with E-state index in [-0.39, 0.29) is 4.90 Å². The van der Waals surface area contributed by atoms with Gasteiger partial charge in [0.2, 0.25) is 10.0 Å². The topological polar surface area (TPSA) is 76.0 Å². The Morgan fingerprint density at radius 2 is 1.81 bits per heavy atom. The molecular formula is C21H26N2O2S. The fourth-order valence-electron chi connectivity index (χ4n) is 3.43. The predicted octanol–water partition coefficient (Wildman–Crippen LogP) is 4.91. The number of aryl methyl sites for hydroxylation is 1. The van der Waals surface area contributed by atoms with Gasteiger partial charge in [0.05, 0.1) is 4.90 Å². The summed E-state index contributed by atoms with van der Waals surface area (Å²) >= 11 is 0. The lowest BCUT2D eigenvalue weighted by Crippen LogP contribution is -2.15. The standard InChI is InChI=1S/C21H26N2O2S/c1-3-4-5-6-9-16-12-18(14-21(15(16)2)26(22,24)25)20-13-17-10-7-8-11-19(17)23-20/h7-8,10-14,23H,3-6,9H2,1-2H3,(H2,22,24,25). The van der Waals surface area contributed by atoms with E-state index in [4.69, 9.17) is 5.14 Å². The number of aromatic nitrogens is 1. The van der Waals surface area contributed by atoms with Crippen LogP contribution in [-0.2, 0) is 16.4 Å². The molecule has 3 N–H and O–H groups in total. The molecule has 5 heteroatoms. The molecule has 0 amide bonds. The second-order valence-corrected chi connectivity index (χ2v) is 8.41. The molecule has 1 aromatic heterocycles. The summed E-state index contributed by atoms with van der Waals surface area (Å²) in [6.07, 6.45) is 5.44. The van der Waals surface area contributed by atoms with Crippen LogP contribution in [0.1, 0.15) is 43.7 Å². The van der Waals surface area contributed by atoms with E-state index in [0.717, 1.165) is 52.5 Å². The summed E-state index contributed by atoms with van der Waals surface area (Å²) in [5.41, 5.74) is 4.63. The molecule has 0 atom stereocenters. The van der Waals surface area contributed by atoms with Gasteiger partial charge in [-0.15, -0.1) is 0 Å². The zero-order valence-corrected chi connectivity index (χ0v) is 16.2. The van der Waals surface area contributed by atoms with E-state index in [0.29, 0.717) is 0 Å². The van der Waals surface area contributed by atoms with E-state index in [9.17, 15) is 8.42 Å². The first-order valence-electron chi connectivity index (χ1n) is 9.14. The lowest BCUT2D eigenvalue weighted by Gasteiger charge is -2.13. The van der Waals surface area contributed by atoms with Gasteiger partial charge in [0.25, 0.3) is 0 Å². The fourth-order valence-corrected chi connectivity index (χ4v) is 4.28. The average molecular weight is 371 g/mol. The number of benzene rings is 2. The van der Waals surface area contributed by atoms with Crippen molar-refractivity contribution in [2.24, 2.45) is 5.14 Å². The SMILES string of the molecule is CCCCCCc1cc(-c2cc3ccccc3[nH]2)cc(S(N)(=O)=O)c1C. The first-order valence-corrected chi connectivity index (χ1v) is 10.7. The number of unbranched alkanes of at least 4 members (excludes halogenated alkanes) is 3. The van der Waals surface area contributed by atoms with E-state index in [1.165, 1.54) is 12.8 Å². The van der Waals surface area contributed by atoms with Crippen molar-refractivity contribution < 1.29 is 8.42 Å². The van der Waals surface area contributed by atoms with Gasteiger partial charge < -0.3 is 4.98 Å². The second-order valence-electron chi connectivity index (χ2n) is 6.88. The highest BCUT2D eigenvalue weighted by Crippen LogP contribution is 2.30. The van der Waals surface area contributed by atoms with Crippen molar-refractivity contribution in [1.82, 2.24) is 4.98 Å². The highest BCUT2D eigenvalue weighted by molar-refractivity contribution is 7.89. The van der Waals surface area contributed by atoms with Crippen LogP contribution in [0.2, 0.25) is 0 Å². The minimum Gasteiger partial charge on any atom is -0.355 e. The number of rotatable bonds is 7. The van der Waals surface area contributed by atoms with Gasteiger partial charge in [-0.3, -0.25) is 0 Å². The highest BCUT2D eigenvalue weighted by atomic mass is 32.2. The predicted molar refractivity (Wildman–Crippen MR) is 108 cm³/mol. The van der Waals surface area contributed by atoms with Gasteiger partial charge in [0.15, 0.2) is 0 Å². The summed E-state index contributed by atoms with van der Waals surface area (Å²) in [4.78, 5) is 3.60. The summed E-state index contributed by atoms with van der Waals surface area (Å²) in [5, 5.41) is 6.59. The Morgan fingerprint density at radius 1 is 1.04 bits per heavy atom. The van der Waals surface area contributed by atoms with Crippen molar-refractivity contribution in [3.63, 3.8) is 0 Å². The van der Waals surface area contributed by atoms with Crippen LogP contribution >= 0.6 is 0 Å². The van der Waals surface area contributed by atoms with E-state index in [1.54, 1.807) is 6.07 Å². The van der Waals surface area contributed by atoms with E-state index >= 15 is 0 Å². The van der Waals surface area contributed by atoms with Crippen LogP contribution in [0.5, 0.6) is 0 Å². The smallest absolute Gasteiger partial charge is 0.238 e. The van der Waals surface area contributed by atoms with Gasteiger partial charge in [-0.2, -0.15) is 0 Å². The summed E-state index contributed by atoms with van der Waals surface area (Å²) in [5.74, 6) is 0. The van der Waals surface area contributed by atoms with Crippen LogP contribution < -0.4 is 5.14 Å².